The average Bonchev–Trinajstić information content (AvgIpc) is 2.94. The van der Waals surface area contributed by atoms with Crippen LogP contribution in [-0.2, 0) is 4.79 Å². The van der Waals surface area contributed by atoms with Crippen molar-refractivity contribution < 1.29 is 9.53 Å². The molecule has 2 bridgehead atoms. The Hall–Kier alpha value is -1.09. The summed E-state index contributed by atoms with van der Waals surface area (Å²) in [7, 11) is 1.66. The lowest BCUT2D eigenvalue weighted by Crippen LogP contribution is -2.12. The lowest BCUT2D eigenvalue weighted by molar-refractivity contribution is -0.118. The van der Waals surface area contributed by atoms with E-state index in [0.717, 1.165) is 34.2 Å². The van der Waals surface area contributed by atoms with Gasteiger partial charge in [0.25, 0.3) is 0 Å². The molecule has 0 spiro atoms. The summed E-state index contributed by atoms with van der Waals surface area (Å²) in [5.41, 5.74) is 2.00. The van der Waals surface area contributed by atoms with Gasteiger partial charge in [-0.05, 0) is 49.0 Å². The Morgan fingerprint density at radius 2 is 2.11 bits per heavy atom. The molecule has 2 atom stereocenters. The second kappa shape index (κ2) is 4.54. The zero-order valence-electron chi connectivity index (χ0n) is 10.3. The zero-order valence-corrected chi connectivity index (χ0v) is 11.9. The van der Waals surface area contributed by atoms with E-state index in [1.54, 1.807) is 7.11 Å². The number of hydrogen-bond donors (Lipinski definition) is 0. The van der Waals surface area contributed by atoms with Crippen LogP contribution in [0.1, 0.15) is 24.8 Å². The van der Waals surface area contributed by atoms with Gasteiger partial charge >= 0.3 is 0 Å². The molecule has 18 heavy (non-hydrogen) atoms. The van der Waals surface area contributed by atoms with Crippen molar-refractivity contribution in [1.29, 1.82) is 0 Å². The smallest absolute Gasteiger partial charge is 0.162 e. The lowest BCUT2D eigenvalue weighted by Gasteiger charge is -2.13. The van der Waals surface area contributed by atoms with Crippen molar-refractivity contribution >= 4 is 27.8 Å². The summed E-state index contributed by atoms with van der Waals surface area (Å²) < 4.78 is 6.35. The maximum Gasteiger partial charge on any atom is 0.162 e. The molecule has 0 heterocycles. The Balaban J connectivity index is 1.99. The SMILES string of the molecule is COc1cc(Br)ccc1/C=C1/C(=O)C2CCC1C2. The van der Waals surface area contributed by atoms with E-state index in [0.29, 0.717) is 17.6 Å². The summed E-state index contributed by atoms with van der Waals surface area (Å²) in [6.45, 7) is 0. The fourth-order valence-electron chi connectivity index (χ4n) is 3.10. The third-order valence-corrected chi connectivity index (χ3v) is 4.53. The molecule has 3 rings (SSSR count). The van der Waals surface area contributed by atoms with Gasteiger partial charge in [0.2, 0.25) is 0 Å². The first-order chi connectivity index (χ1) is 8.69. The highest BCUT2D eigenvalue weighted by Gasteiger charge is 2.42. The fraction of sp³-hybridized carbons (Fsp3) is 0.400. The normalized spacial score (nSPS) is 28.1. The Kier molecular flexibility index (Phi) is 3.02. The largest absolute Gasteiger partial charge is 0.496 e. The van der Waals surface area contributed by atoms with Crippen molar-refractivity contribution in [3.63, 3.8) is 0 Å². The summed E-state index contributed by atoms with van der Waals surface area (Å²) in [6.07, 6.45) is 5.33. The van der Waals surface area contributed by atoms with Crippen LogP contribution in [0.2, 0.25) is 0 Å². The Labute approximate surface area is 115 Å². The van der Waals surface area contributed by atoms with Crippen LogP contribution in [0.25, 0.3) is 6.08 Å². The highest BCUT2D eigenvalue weighted by atomic mass is 79.9. The van der Waals surface area contributed by atoms with E-state index in [1.807, 2.05) is 24.3 Å². The van der Waals surface area contributed by atoms with Gasteiger partial charge in [-0.2, -0.15) is 0 Å². The topological polar surface area (TPSA) is 26.3 Å². The molecule has 1 aromatic rings. The van der Waals surface area contributed by atoms with Crippen molar-refractivity contribution in [2.45, 2.75) is 19.3 Å². The van der Waals surface area contributed by atoms with Gasteiger partial charge in [0.05, 0.1) is 7.11 Å². The highest BCUT2D eigenvalue weighted by Crippen LogP contribution is 2.46. The molecule has 0 amide bonds. The molecule has 1 aromatic carbocycles. The van der Waals surface area contributed by atoms with E-state index in [9.17, 15) is 4.79 Å². The molecule has 2 unspecified atom stereocenters. The van der Waals surface area contributed by atoms with Gasteiger partial charge in [0.15, 0.2) is 5.78 Å². The molecule has 0 saturated heterocycles. The monoisotopic (exact) mass is 306 g/mol. The van der Waals surface area contributed by atoms with Crippen LogP contribution in [0.15, 0.2) is 28.2 Å². The van der Waals surface area contributed by atoms with E-state index in [-0.39, 0.29) is 0 Å². The first kappa shape index (κ1) is 12.0. The van der Waals surface area contributed by atoms with Crippen molar-refractivity contribution in [2.75, 3.05) is 7.11 Å². The van der Waals surface area contributed by atoms with Crippen LogP contribution in [0, 0.1) is 11.8 Å². The van der Waals surface area contributed by atoms with Crippen molar-refractivity contribution in [3.8, 4) is 5.75 Å². The lowest BCUT2D eigenvalue weighted by atomic mass is 9.92. The van der Waals surface area contributed by atoms with Crippen molar-refractivity contribution in [2.24, 2.45) is 11.8 Å². The standard InChI is InChI=1S/C15H15BrO2/c1-18-14-8-12(16)5-4-10(14)7-13-9-2-3-11(6-9)15(13)17/h4-5,7-9,11H,2-3,6H2,1H3/b13-7+. The Bertz CT molecular complexity index is 533. The third kappa shape index (κ3) is 1.91. The first-order valence-corrected chi connectivity index (χ1v) is 7.07. The van der Waals surface area contributed by atoms with Gasteiger partial charge in [0.1, 0.15) is 5.75 Å². The second-order valence-corrected chi connectivity index (χ2v) is 5.97. The fourth-order valence-corrected chi connectivity index (χ4v) is 3.44. The van der Waals surface area contributed by atoms with Gasteiger partial charge in [-0.1, -0.05) is 22.0 Å². The van der Waals surface area contributed by atoms with Crippen LogP contribution in [-0.4, -0.2) is 12.9 Å². The molecule has 2 nitrogen and oxygen atoms in total. The maximum absolute atomic E-state index is 12.1. The summed E-state index contributed by atoms with van der Waals surface area (Å²) in [5, 5.41) is 0. The third-order valence-electron chi connectivity index (χ3n) is 4.03. The van der Waals surface area contributed by atoms with Crippen LogP contribution >= 0.6 is 15.9 Å². The van der Waals surface area contributed by atoms with Gasteiger partial charge in [-0.25, -0.2) is 0 Å². The summed E-state index contributed by atoms with van der Waals surface area (Å²) in [5.74, 6) is 1.95. The number of rotatable bonds is 2. The molecule has 2 saturated carbocycles. The summed E-state index contributed by atoms with van der Waals surface area (Å²) in [4.78, 5) is 12.1. The van der Waals surface area contributed by atoms with Crippen molar-refractivity contribution in [3.05, 3.63) is 33.8 Å². The summed E-state index contributed by atoms with van der Waals surface area (Å²) >= 11 is 3.43. The van der Waals surface area contributed by atoms with Gasteiger partial charge in [-0.3, -0.25) is 4.79 Å². The van der Waals surface area contributed by atoms with Crippen LogP contribution in [0.4, 0.5) is 0 Å². The van der Waals surface area contributed by atoms with Gasteiger partial charge in [-0.15, -0.1) is 0 Å². The van der Waals surface area contributed by atoms with E-state index in [1.165, 1.54) is 6.42 Å². The number of fused-ring (bicyclic) bond motifs is 2. The van der Waals surface area contributed by atoms with Crippen LogP contribution in [0.3, 0.4) is 0 Å². The van der Waals surface area contributed by atoms with E-state index >= 15 is 0 Å². The average molecular weight is 307 g/mol. The molecule has 94 valence electrons. The van der Waals surface area contributed by atoms with E-state index in [4.69, 9.17) is 4.74 Å². The van der Waals surface area contributed by atoms with E-state index in [2.05, 4.69) is 15.9 Å². The number of ketones is 1. The molecule has 0 N–H and O–H groups in total. The molecule has 2 aliphatic carbocycles. The maximum atomic E-state index is 12.1. The summed E-state index contributed by atoms with van der Waals surface area (Å²) in [6, 6.07) is 5.91. The molecule has 0 aliphatic heterocycles. The number of benzene rings is 1. The predicted octanol–water partition coefficient (Wildman–Crippen LogP) is 3.84. The predicted molar refractivity (Wildman–Crippen MR) is 74.5 cm³/mol. The molecule has 3 heteroatoms. The number of methoxy groups -OCH3 is 1. The highest BCUT2D eigenvalue weighted by molar-refractivity contribution is 9.10. The number of hydrogen-bond acceptors (Lipinski definition) is 2. The second-order valence-electron chi connectivity index (χ2n) is 5.06. The van der Waals surface area contributed by atoms with Gasteiger partial charge < -0.3 is 4.74 Å². The van der Waals surface area contributed by atoms with Crippen LogP contribution in [0.5, 0.6) is 5.75 Å². The molecular formula is C15H15BrO2. The molecular weight excluding hydrogens is 292 g/mol. The van der Waals surface area contributed by atoms with Gasteiger partial charge in [0, 0.05) is 16.0 Å². The number of allylic oxidation sites excluding steroid dienone is 1. The number of carbonyl (C=O) groups excluding carboxylic acids is 1. The minimum atomic E-state index is 0.294. The minimum Gasteiger partial charge on any atom is -0.496 e. The number of halogens is 1. The van der Waals surface area contributed by atoms with Crippen molar-refractivity contribution in [1.82, 2.24) is 0 Å². The molecule has 2 aliphatic rings. The molecule has 0 aromatic heterocycles. The number of ether oxygens (including phenoxy) is 1. The zero-order chi connectivity index (χ0) is 12.7. The van der Waals surface area contributed by atoms with Crippen LogP contribution < -0.4 is 4.74 Å². The number of Topliss-reactive ketones (excluding diaryl/α,β-unsaturated/α-hetero) is 1. The molecule has 0 radical (unpaired) electrons. The Morgan fingerprint density at radius 1 is 1.33 bits per heavy atom. The first-order valence-electron chi connectivity index (χ1n) is 6.28. The molecule has 2 fully saturated rings. The number of carbonyl (C=O) groups is 1. The quantitative estimate of drug-likeness (QED) is 0.776. The minimum absolute atomic E-state index is 0.294. The van der Waals surface area contributed by atoms with E-state index < -0.39 is 0 Å². The Morgan fingerprint density at radius 3 is 2.78 bits per heavy atom.